The highest BCUT2D eigenvalue weighted by Gasteiger charge is 2.30. The van der Waals surface area contributed by atoms with Gasteiger partial charge in [0.05, 0.1) is 23.1 Å². The quantitative estimate of drug-likeness (QED) is 0.518. The maximum absolute atomic E-state index is 6.14. The molecular weight excluding hydrogens is 428 g/mol. The number of benzene rings is 1. The lowest BCUT2D eigenvalue weighted by Gasteiger charge is -2.09. The van der Waals surface area contributed by atoms with Crippen molar-refractivity contribution in [3.8, 4) is 16.8 Å². The molecule has 0 radical (unpaired) electrons. The smallest absolute Gasteiger partial charge is 0.162 e. The van der Waals surface area contributed by atoms with Crippen LogP contribution in [0.2, 0.25) is 5.02 Å². The highest BCUT2D eigenvalue weighted by atomic mass is 35.5. The number of hydrogen-bond donors (Lipinski definition) is 0. The molecule has 2 aliphatic heterocycles. The number of aryl methyl sites for hydroxylation is 1. The number of thiophene rings is 1. The van der Waals surface area contributed by atoms with Gasteiger partial charge in [0.1, 0.15) is 16.9 Å². The van der Waals surface area contributed by atoms with Crippen LogP contribution in [-0.4, -0.2) is 45.3 Å². The average molecular weight is 449 g/mol. The Morgan fingerprint density at radius 2 is 1.94 bits per heavy atom. The zero-order valence-electron chi connectivity index (χ0n) is 17.7. The van der Waals surface area contributed by atoms with Crippen LogP contribution in [0.4, 0.5) is 0 Å². The Morgan fingerprint density at radius 1 is 1.16 bits per heavy atom. The van der Waals surface area contributed by atoms with E-state index in [0.29, 0.717) is 5.02 Å². The molecule has 5 rings (SSSR count). The summed E-state index contributed by atoms with van der Waals surface area (Å²) in [7, 11) is 1.96. The van der Waals surface area contributed by atoms with E-state index in [1.165, 1.54) is 0 Å². The predicted molar refractivity (Wildman–Crippen MR) is 126 cm³/mol. The second-order valence-corrected chi connectivity index (χ2v) is 9.25. The minimum atomic E-state index is -0.120. The first-order chi connectivity index (χ1) is 14.9. The number of rotatable bonds is 1. The van der Waals surface area contributed by atoms with Crippen LogP contribution in [0.25, 0.3) is 5.00 Å². The molecule has 0 spiro atoms. The van der Waals surface area contributed by atoms with E-state index in [4.69, 9.17) is 16.6 Å². The molecule has 0 N–H and O–H groups in total. The van der Waals surface area contributed by atoms with Gasteiger partial charge >= 0.3 is 0 Å². The van der Waals surface area contributed by atoms with Crippen molar-refractivity contribution in [3.05, 3.63) is 62.5 Å². The van der Waals surface area contributed by atoms with E-state index in [1.807, 2.05) is 49.5 Å². The molecule has 31 heavy (non-hydrogen) atoms. The number of halogens is 1. The van der Waals surface area contributed by atoms with Crippen LogP contribution in [0, 0.1) is 31.6 Å². The lowest BCUT2D eigenvalue weighted by molar-refractivity contribution is 0.378. The number of hydrazone groups is 1. The summed E-state index contributed by atoms with van der Waals surface area (Å²) in [6, 6.07) is 7.72. The highest BCUT2D eigenvalue weighted by molar-refractivity contribution is 7.15. The number of nitrogens with zero attached hydrogens (tertiary/aromatic N) is 6. The monoisotopic (exact) mass is 448 g/mol. The van der Waals surface area contributed by atoms with Crippen molar-refractivity contribution in [1.82, 2.24) is 19.8 Å². The fraction of sp³-hybridized carbons (Fsp3) is 0.304. The fourth-order valence-corrected chi connectivity index (χ4v) is 5.26. The average Bonchev–Trinajstić information content (AvgIpc) is 3.40. The summed E-state index contributed by atoms with van der Waals surface area (Å²) in [6.07, 6.45) is 1.91. The largest absolute Gasteiger partial charge is 0.299 e. The summed E-state index contributed by atoms with van der Waals surface area (Å²) >= 11 is 7.81. The third-order valence-corrected chi connectivity index (χ3v) is 6.95. The lowest BCUT2D eigenvalue weighted by Crippen LogP contribution is -2.11. The van der Waals surface area contributed by atoms with Gasteiger partial charge in [-0.2, -0.15) is 5.10 Å². The second kappa shape index (κ2) is 7.63. The summed E-state index contributed by atoms with van der Waals surface area (Å²) in [5.41, 5.74) is 4.17. The van der Waals surface area contributed by atoms with Crippen molar-refractivity contribution in [2.24, 2.45) is 16.0 Å². The lowest BCUT2D eigenvalue weighted by atomic mass is 9.99. The van der Waals surface area contributed by atoms with E-state index in [-0.39, 0.29) is 12.0 Å². The van der Waals surface area contributed by atoms with Gasteiger partial charge in [-0.1, -0.05) is 35.6 Å². The van der Waals surface area contributed by atoms with Crippen LogP contribution in [0.5, 0.6) is 0 Å². The molecule has 2 atom stereocenters. The molecule has 1 unspecified atom stereocenters. The molecule has 1 aromatic carbocycles. The van der Waals surface area contributed by atoms with Gasteiger partial charge in [0, 0.05) is 29.4 Å². The molecule has 8 heteroatoms. The van der Waals surface area contributed by atoms with E-state index >= 15 is 0 Å². The van der Waals surface area contributed by atoms with Gasteiger partial charge in [-0.25, -0.2) is 0 Å². The molecule has 0 aliphatic carbocycles. The van der Waals surface area contributed by atoms with E-state index < -0.39 is 0 Å². The first-order valence-corrected chi connectivity index (χ1v) is 11.3. The second-order valence-electron chi connectivity index (χ2n) is 7.82. The molecule has 4 heterocycles. The third kappa shape index (κ3) is 3.46. The van der Waals surface area contributed by atoms with E-state index in [2.05, 4.69) is 45.6 Å². The van der Waals surface area contributed by atoms with Crippen molar-refractivity contribution in [2.45, 2.75) is 26.8 Å². The molecule has 0 bridgehead atoms. The van der Waals surface area contributed by atoms with Crippen LogP contribution in [0.1, 0.15) is 46.2 Å². The number of aromatic nitrogens is 3. The molecule has 2 aromatic heterocycles. The third-order valence-electron chi connectivity index (χ3n) is 5.51. The molecule has 3 aromatic rings. The van der Waals surface area contributed by atoms with Gasteiger partial charge in [-0.05, 0) is 38.5 Å². The molecule has 0 fully saturated rings. The van der Waals surface area contributed by atoms with Crippen molar-refractivity contribution < 1.29 is 0 Å². The Morgan fingerprint density at radius 3 is 2.65 bits per heavy atom. The van der Waals surface area contributed by atoms with Gasteiger partial charge in [0.2, 0.25) is 0 Å². The Hall–Kier alpha value is -2.95. The summed E-state index contributed by atoms with van der Waals surface area (Å²) in [5.74, 6) is 8.61. The number of hydrogen-bond acceptors (Lipinski definition) is 6. The Bertz CT molecular complexity index is 1290. The van der Waals surface area contributed by atoms with Crippen LogP contribution >= 0.6 is 22.9 Å². The molecule has 0 amide bonds. The van der Waals surface area contributed by atoms with Gasteiger partial charge in [-0.3, -0.25) is 14.6 Å². The minimum absolute atomic E-state index is 0.120. The van der Waals surface area contributed by atoms with Crippen LogP contribution < -0.4 is 0 Å². The summed E-state index contributed by atoms with van der Waals surface area (Å²) in [6.45, 7) is 6.97. The van der Waals surface area contributed by atoms with Crippen molar-refractivity contribution in [3.63, 3.8) is 0 Å². The van der Waals surface area contributed by atoms with Crippen LogP contribution in [0.3, 0.4) is 0 Å². The van der Waals surface area contributed by atoms with E-state index in [9.17, 15) is 0 Å². The normalized spacial score (nSPS) is 19.4. The summed E-state index contributed by atoms with van der Waals surface area (Å²) < 4.78 is 2.13. The topological polar surface area (TPSA) is 58.7 Å². The maximum atomic E-state index is 6.14. The van der Waals surface area contributed by atoms with Crippen molar-refractivity contribution >= 4 is 34.9 Å². The van der Waals surface area contributed by atoms with Gasteiger partial charge in [0.25, 0.3) is 0 Å². The van der Waals surface area contributed by atoms with Gasteiger partial charge < -0.3 is 0 Å². The summed E-state index contributed by atoms with van der Waals surface area (Å²) in [4.78, 5) is 6.11. The summed E-state index contributed by atoms with van der Waals surface area (Å²) in [5, 5.41) is 16.7. The first-order valence-electron chi connectivity index (χ1n) is 10.1. The highest BCUT2D eigenvalue weighted by Crippen LogP contribution is 2.38. The van der Waals surface area contributed by atoms with Gasteiger partial charge in [0.15, 0.2) is 5.82 Å². The molecule has 2 aliphatic rings. The number of fused-ring (bicyclic) bond motifs is 3. The predicted octanol–water partition coefficient (Wildman–Crippen LogP) is 4.41. The molecule has 6 nitrogen and oxygen atoms in total. The number of aliphatic imine (C=N–C) groups is 1. The molecule has 0 saturated heterocycles. The SMILES string of the molecule is Cc1c(C#CC2C=NN(C)C2)sc2c1C(c1ccc(Cl)cc1)=N[C@@H](C)c1nnc(C)n1-2. The maximum Gasteiger partial charge on any atom is 0.162 e. The minimum Gasteiger partial charge on any atom is -0.299 e. The Labute approximate surface area is 190 Å². The standard InChI is InChI=1S/C23H21ClN6S/c1-13-19(10-5-16-11-25-29(4)12-16)31-23-20(13)21(17-6-8-18(24)9-7-17)26-14(2)22-28-27-15(3)30(22)23/h6-9,11,14,16H,12H2,1-4H3/t14-,16?/m0/s1. The fourth-order valence-electron chi connectivity index (χ4n) is 3.91. The zero-order valence-corrected chi connectivity index (χ0v) is 19.3. The van der Waals surface area contributed by atoms with E-state index in [1.54, 1.807) is 11.3 Å². The zero-order chi connectivity index (χ0) is 21.7. The molecule has 156 valence electrons. The van der Waals surface area contributed by atoms with E-state index in [0.717, 1.165) is 50.5 Å². The Balaban J connectivity index is 1.70. The van der Waals surface area contributed by atoms with Crippen molar-refractivity contribution in [2.75, 3.05) is 13.6 Å². The first kappa shape index (κ1) is 20.0. The van der Waals surface area contributed by atoms with Crippen molar-refractivity contribution in [1.29, 1.82) is 0 Å². The molecule has 0 saturated carbocycles. The van der Waals surface area contributed by atoms with Crippen LogP contribution in [0.15, 0.2) is 34.4 Å². The van der Waals surface area contributed by atoms with Crippen LogP contribution in [-0.2, 0) is 0 Å². The molecular formula is C23H21ClN6S. The van der Waals surface area contributed by atoms with Gasteiger partial charge in [-0.15, -0.1) is 21.5 Å². The Kier molecular flexibility index (Phi) is 4.92.